The Bertz CT molecular complexity index is 974. The molecular weight excluding hydrogens is 354 g/mol. The number of carbonyl (C=O) groups is 2. The van der Waals surface area contributed by atoms with Crippen molar-refractivity contribution < 1.29 is 24.4 Å². The summed E-state index contributed by atoms with van der Waals surface area (Å²) < 4.78 is 4.57. The molecule has 0 spiro atoms. The van der Waals surface area contributed by atoms with E-state index in [0.29, 0.717) is 11.3 Å². The molecule has 0 aliphatic rings. The molecule has 9 nitrogen and oxygen atoms in total. The quantitative estimate of drug-likeness (QED) is 0.272. The zero-order valence-corrected chi connectivity index (χ0v) is 14.0. The Morgan fingerprint density at radius 3 is 2.48 bits per heavy atom. The molecule has 2 aromatic carbocycles. The van der Waals surface area contributed by atoms with Gasteiger partial charge in [-0.1, -0.05) is 6.07 Å². The number of aromatic hydroxyl groups is 1. The molecule has 0 saturated heterocycles. The second kappa shape index (κ2) is 8.26. The summed E-state index contributed by atoms with van der Waals surface area (Å²) in [5.74, 6) is -1.79. The van der Waals surface area contributed by atoms with Gasteiger partial charge in [-0.3, -0.25) is 14.9 Å². The van der Waals surface area contributed by atoms with Crippen molar-refractivity contribution in [3.63, 3.8) is 0 Å². The number of nitro groups is 1. The zero-order valence-electron chi connectivity index (χ0n) is 14.0. The Labute approximate surface area is 153 Å². The number of anilines is 1. The Balaban J connectivity index is 2.22. The highest BCUT2D eigenvalue weighted by Crippen LogP contribution is 2.27. The topological polar surface area (TPSA) is 143 Å². The van der Waals surface area contributed by atoms with E-state index in [0.717, 1.165) is 18.2 Å². The van der Waals surface area contributed by atoms with Gasteiger partial charge in [-0.15, -0.1) is 0 Å². The lowest BCUT2D eigenvalue weighted by Crippen LogP contribution is -2.13. The van der Waals surface area contributed by atoms with Crippen molar-refractivity contribution in [1.82, 2.24) is 0 Å². The summed E-state index contributed by atoms with van der Waals surface area (Å²) >= 11 is 0. The molecular formula is C18H13N3O6. The number of methoxy groups -OCH3 is 1. The first-order valence-electron chi connectivity index (χ1n) is 7.44. The first-order chi connectivity index (χ1) is 12.8. The van der Waals surface area contributed by atoms with Crippen LogP contribution >= 0.6 is 0 Å². The maximum absolute atomic E-state index is 12.2. The fraction of sp³-hybridized carbons (Fsp3) is 0.0556. The molecule has 0 saturated carbocycles. The van der Waals surface area contributed by atoms with E-state index in [1.807, 2.05) is 0 Å². The number of hydrogen-bond donors (Lipinski definition) is 2. The van der Waals surface area contributed by atoms with Crippen LogP contribution in [-0.4, -0.2) is 29.0 Å². The number of hydrogen-bond acceptors (Lipinski definition) is 7. The highest BCUT2D eigenvalue weighted by Gasteiger charge is 2.15. The molecule has 1 amide bonds. The lowest BCUT2D eigenvalue weighted by atomic mass is 10.1. The summed E-state index contributed by atoms with van der Waals surface area (Å²) in [5, 5.41) is 32.0. The predicted octanol–water partition coefficient (Wildman–Crippen LogP) is 2.63. The molecule has 2 N–H and O–H groups in total. The fourth-order valence-electron chi connectivity index (χ4n) is 2.10. The SMILES string of the molecule is COC(=O)c1ccc(NC(=O)/C(C#N)=C/c2ccc(O)c([N+](=O)[O-])c2)cc1. The minimum Gasteiger partial charge on any atom is -0.502 e. The van der Waals surface area contributed by atoms with Crippen LogP contribution in [0.15, 0.2) is 48.0 Å². The van der Waals surface area contributed by atoms with Gasteiger partial charge >= 0.3 is 11.7 Å². The number of amides is 1. The maximum Gasteiger partial charge on any atom is 0.337 e. The first kappa shape index (κ1) is 19.1. The normalized spacial score (nSPS) is 10.6. The minimum absolute atomic E-state index is 0.201. The van der Waals surface area contributed by atoms with E-state index in [1.54, 1.807) is 6.07 Å². The summed E-state index contributed by atoms with van der Waals surface area (Å²) in [7, 11) is 1.25. The number of esters is 1. The van der Waals surface area contributed by atoms with E-state index < -0.39 is 28.2 Å². The van der Waals surface area contributed by atoms with E-state index in [4.69, 9.17) is 0 Å². The van der Waals surface area contributed by atoms with Crippen LogP contribution in [0.25, 0.3) is 6.08 Å². The van der Waals surface area contributed by atoms with E-state index in [9.17, 15) is 30.1 Å². The van der Waals surface area contributed by atoms with Crippen LogP contribution in [0.5, 0.6) is 5.75 Å². The van der Waals surface area contributed by atoms with Crippen LogP contribution in [0.1, 0.15) is 15.9 Å². The molecule has 136 valence electrons. The third-order valence-electron chi connectivity index (χ3n) is 3.44. The molecule has 0 bridgehead atoms. The van der Waals surface area contributed by atoms with Crippen LogP contribution in [0.4, 0.5) is 11.4 Å². The Kier molecular flexibility index (Phi) is 5.86. The molecule has 0 aliphatic carbocycles. The average molecular weight is 367 g/mol. The zero-order chi connectivity index (χ0) is 20.0. The number of ether oxygens (including phenoxy) is 1. The maximum atomic E-state index is 12.2. The Morgan fingerprint density at radius 2 is 1.93 bits per heavy atom. The molecule has 2 aromatic rings. The number of nitriles is 1. The van der Waals surface area contributed by atoms with Gasteiger partial charge in [0.1, 0.15) is 11.6 Å². The summed E-state index contributed by atoms with van der Waals surface area (Å²) in [5.41, 5.74) is -0.00689. The smallest absolute Gasteiger partial charge is 0.337 e. The third-order valence-corrected chi connectivity index (χ3v) is 3.44. The van der Waals surface area contributed by atoms with Gasteiger partial charge in [-0.05, 0) is 42.0 Å². The van der Waals surface area contributed by atoms with Crippen LogP contribution in [0, 0.1) is 21.4 Å². The third kappa shape index (κ3) is 4.67. The number of phenols is 1. The Hall–Kier alpha value is -4.19. The van der Waals surface area contributed by atoms with Crippen molar-refractivity contribution in [3.05, 3.63) is 69.3 Å². The summed E-state index contributed by atoms with van der Waals surface area (Å²) in [6.45, 7) is 0. The molecule has 27 heavy (non-hydrogen) atoms. The number of nitro benzene ring substituents is 1. The highest BCUT2D eigenvalue weighted by molar-refractivity contribution is 6.09. The van der Waals surface area contributed by atoms with Crippen molar-refractivity contribution in [1.29, 1.82) is 5.26 Å². The lowest BCUT2D eigenvalue weighted by Gasteiger charge is -2.05. The van der Waals surface area contributed by atoms with Crippen molar-refractivity contribution in [2.45, 2.75) is 0 Å². The average Bonchev–Trinajstić information content (AvgIpc) is 2.66. The molecule has 9 heteroatoms. The van der Waals surface area contributed by atoms with Gasteiger partial charge in [-0.25, -0.2) is 4.79 Å². The predicted molar refractivity (Wildman–Crippen MR) is 94.8 cm³/mol. The van der Waals surface area contributed by atoms with Gasteiger partial charge in [0.15, 0.2) is 5.75 Å². The van der Waals surface area contributed by atoms with E-state index in [2.05, 4.69) is 10.1 Å². The molecule has 0 unspecified atom stereocenters. The largest absolute Gasteiger partial charge is 0.502 e. The monoisotopic (exact) mass is 367 g/mol. The number of rotatable bonds is 5. The minimum atomic E-state index is -0.776. The number of nitrogens with zero attached hydrogens (tertiary/aromatic N) is 2. The lowest BCUT2D eigenvalue weighted by molar-refractivity contribution is -0.385. The van der Waals surface area contributed by atoms with E-state index >= 15 is 0 Å². The van der Waals surface area contributed by atoms with Crippen LogP contribution in [0.2, 0.25) is 0 Å². The van der Waals surface area contributed by atoms with Crippen molar-refractivity contribution in [3.8, 4) is 11.8 Å². The molecule has 0 aromatic heterocycles. The highest BCUT2D eigenvalue weighted by atomic mass is 16.6. The van der Waals surface area contributed by atoms with Gasteiger partial charge in [0.2, 0.25) is 0 Å². The molecule has 0 aliphatic heterocycles. The van der Waals surface area contributed by atoms with E-state index in [1.165, 1.54) is 37.4 Å². The van der Waals surface area contributed by atoms with Crippen molar-refractivity contribution in [2.24, 2.45) is 0 Å². The van der Waals surface area contributed by atoms with Gasteiger partial charge < -0.3 is 15.2 Å². The molecule has 0 heterocycles. The van der Waals surface area contributed by atoms with Crippen LogP contribution < -0.4 is 5.32 Å². The molecule has 0 atom stereocenters. The molecule has 0 radical (unpaired) electrons. The second-order valence-corrected chi connectivity index (χ2v) is 5.20. The number of phenolic OH excluding ortho intramolecular Hbond substituents is 1. The molecule has 2 rings (SSSR count). The van der Waals surface area contributed by atoms with Gasteiger partial charge in [0.25, 0.3) is 5.91 Å². The van der Waals surface area contributed by atoms with Gasteiger partial charge in [0.05, 0.1) is 17.6 Å². The van der Waals surface area contributed by atoms with Gasteiger partial charge in [0, 0.05) is 11.8 Å². The van der Waals surface area contributed by atoms with Gasteiger partial charge in [-0.2, -0.15) is 5.26 Å². The van der Waals surface area contributed by atoms with Crippen molar-refractivity contribution >= 4 is 29.3 Å². The second-order valence-electron chi connectivity index (χ2n) is 5.20. The fourth-order valence-corrected chi connectivity index (χ4v) is 2.10. The summed E-state index contributed by atoms with van der Waals surface area (Å²) in [6.07, 6.45) is 1.16. The Morgan fingerprint density at radius 1 is 1.26 bits per heavy atom. The van der Waals surface area contributed by atoms with Crippen LogP contribution in [-0.2, 0) is 9.53 Å². The number of nitrogens with one attached hydrogen (secondary N) is 1. The van der Waals surface area contributed by atoms with Crippen molar-refractivity contribution in [2.75, 3.05) is 12.4 Å². The summed E-state index contributed by atoms with van der Waals surface area (Å²) in [4.78, 5) is 33.7. The number of benzene rings is 2. The molecule has 0 fully saturated rings. The number of carbonyl (C=O) groups excluding carboxylic acids is 2. The van der Waals surface area contributed by atoms with E-state index in [-0.39, 0.29) is 11.1 Å². The standard InChI is InChI=1S/C18H13N3O6/c1-27-18(24)12-3-5-14(6-4-12)20-17(23)13(10-19)8-11-2-7-16(22)15(9-11)21(25)26/h2-9,22H,1H3,(H,20,23)/b13-8+. The first-order valence-corrected chi connectivity index (χ1v) is 7.44. The summed E-state index contributed by atoms with van der Waals surface area (Å²) in [6, 6.07) is 11.0. The van der Waals surface area contributed by atoms with Crippen LogP contribution in [0.3, 0.4) is 0 Å².